The zero-order chi connectivity index (χ0) is 19.6. The summed E-state index contributed by atoms with van der Waals surface area (Å²) in [5.74, 6) is 1.42. The molecule has 0 radical (unpaired) electrons. The number of aromatic nitrogens is 2. The second-order valence-electron chi connectivity index (χ2n) is 6.18. The summed E-state index contributed by atoms with van der Waals surface area (Å²) in [6.07, 6.45) is 0. The molecule has 0 aliphatic heterocycles. The molecule has 0 saturated carbocycles. The number of nitrogens with one attached hydrogen (secondary N) is 1. The fraction of sp³-hybridized carbons (Fsp3) is 0.316. The molecular formula is C19H21N3O3S2. The Kier molecular flexibility index (Phi) is 5.76. The quantitative estimate of drug-likeness (QED) is 0.629. The van der Waals surface area contributed by atoms with E-state index in [1.165, 1.54) is 22.7 Å². The van der Waals surface area contributed by atoms with Crippen LogP contribution in [-0.2, 0) is 0 Å². The lowest BCUT2D eigenvalue weighted by molar-refractivity contribution is 0.103. The first-order valence-corrected chi connectivity index (χ1v) is 10.1. The largest absolute Gasteiger partial charge is 0.493 e. The number of rotatable bonds is 6. The number of carbonyl (C=O) groups is 1. The van der Waals surface area contributed by atoms with Crippen LogP contribution in [0.4, 0.5) is 5.13 Å². The van der Waals surface area contributed by atoms with E-state index in [2.05, 4.69) is 29.1 Å². The summed E-state index contributed by atoms with van der Waals surface area (Å²) in [5, 5.41) is 6.28. The summed E-state index contributed by atoms with van der Waals surface area (Å²) in [7, 11) is 3.19. The first-order chi connectivity index (χ1) is 12.9. The number of aryl methyl sites for hydroxylation is 1. The van der Waals surface area contributed by atoms with E-state index in [4.69, 9.17) is 9.47 Å². The van der Waals surface area contributed by atoms with E-state index >= 15 is 0 Å². The highest BCUT2D eigenvalue weighted by Gasteiger charge is 2.18. The molecular weight excluding hydrogens is 382 g/mol. The second kappa shape index (κ2) is 8.06. The van der Waals surface area contributed by atoms with Crippen molar-refractivity contribution in [1.82, 2.24) is 9.97 Å². The summed E-state index contributed by atoms with van der Waals surface area (Å²) in [6, 6.07) is 5.60. The van der Waals surface area contributed by atoms with E-state index < -0.39 is 0 Å². The molecule has 3 aromatic rings. The van der Waals surface area contributed by atoms with Gasteiger partial charge in [0, 0.05) is 16.9 Å². The molecule has 142 valence electrons. The van der Waals surface area contributed by atoms with Gasteiger partial charge in [-0.1, -0.05) is 13.8 Å². The summed E-state index contributed by atoms with van der Waals surface area (Å²) in [6.45, 7) is 5.99. The third-order valence-electron chi connectivity index (χ3n) is 3.92. The molecule has 0 atom stereocenters. The Hall–Kier alpha value is -2.45. The molecule has 0 aliphatic carbocycles. The van der Waals surface area contributed by atoms with Crippen molar-refractivity contribution < 1.29 is 14.3 Å². The van der Waals surface area contributed by atoms with Gasteiger partial charge in [-0.15, -0.1) is 22.7 Å². The third-order valence-corrected chi connectivity index (χ3v) is 6.13. The van der Waals surface area contributed by atoms with E-state index in [0.29, 0.717) is 27.4 Å². The summed E-state index contributed by atoms with van der Waals surface area (Å²) in [4.78, 5) is 22.2. The van der Waals surface area contributed by atoms with Crippen LogP contribution < -0.4 is 14.8 Å². The topological polar surface area (TPSA) is 73.3 Å². The van der Waals surface area contributed by atoms with Crippen LogP contribution >= 0.6 is 22.7 Å². The molecule has 0 saturated heterocycles. The molecule has 2 aromatic heterocycles. The molecule has 0 aliphatic rings. The Labute approximate surface area is 166 Å². The highest BCUT2D eigenvalue weighted by molar-refractivity contribution is 7.15. The minimum Gasteiger partial charge on any atom is -0.493 e. The standard InChI is InChI=1S/C19H21N3O3S2/c1-10(2)18-20-11(3)16(27-18)17(23)22-19-21-13(9-26-19)12-6-7-14(24-4)15(8-12)25-5/h6-10H,1-5H3,(H,21,22,23). The average molecular weight is 404 g/mol. The van der Waals surface area contributed by atoms with Crippen molar-refractivity contribution in [3.8, 4) is 22.8 Å². The molecule has 27 heavy (non-hydrogen) atoms. The van der Waals surface area contributed by atoms with Gasteiger partial charge in [-0.05, 0) is 25.1 Å². The molecule has 0 fully saturated rings. The summed E-state index contributed by atoms with van der Waals surface area (Å²) in [5.41, 5.74) is 2.40. The Morgan fingerprint density at radius 1 is 1.15 bits per heavy atom. The van der Waals surface area contributed by atoms with Crippen LogP contribution in [0, 0.1) is 6.92 Å². The maximum atomic E-state index is 12.6. The van der Waals surface area contributed by atoms with Crippen LogP contribution in [0.1, 0.15) is 40.1 Å². The molecule has 8 heteroatoms. The number of thiazole rings is 2. The van der Waals surface area contributed by atoms with Gasteiger partial charge in [-0.2, -0.15) is 0 Å². The van der Waals surface area contributed by atoms with Crippen molar-refractivity contribution in [2.45, 2.75) is 26.7 Å². The van der Waals surface area contributed by atoms with Crippen molar-refractivity contribution in [1.29, 1.82) is 0 Å². The summed E-state index contributed by atoms with van der Waals surface area (Å²) >= 11 is 2.81. The lowest BCUT2D eigenvalue weighted by atomic mass is 10.1. The molecule has 6 nitrogen and oxygen atoms in total. The Morgan fingerprint density at radius 3 is 2.52 bits per heavy atom. The van der Waals surface area contributed by atoms with Crippen molar-refractivity contribution in [2.24, 2.45) is 0 Å². The number of amides is 1. The number of nitrogens with zero attached hydrogens (tertiary/aromatic N) is 2. The fourth-order valence-electron chi connectivity index (χ4n) is 2.49. The highest BCUT2D eigenvalue weighted by Crippen LogP contribution is 2.34. The van der Waals surface area contributed by atoms with Gasteiger partial charge in [-0.3, -0.25) is 10.1 Å². The number of carbonyl (C=O) groups excluding carboxylic acids is 1. The lowest BCUT2D eigenvalue weighted by Crippen LogP contribution is -2.11. The number of hydrogen-bond donors (Lipinski definition) is 1. The predicted octanol–water partition coefficient (Wildman–Crippen LogP) is 4.97. The molecule has 1 amide bonds. The van der Waals surface area contributed by atoms with E-state index in [9.17, 15) is 4.79 Å². The number of benzene rings is 1. The summed E-state index contributed by atoms with van der Waals surface area (Å²) < 4.78 is 10.6. The van der Waals surface area contributed by atoms with E-state index in [-0.39, 0.29) is 5.91 Å². The van der Waals surface area contributed by atoms with Gasteiger partial charge in [0.25, 0.3) is 5.91 Å². The van der Waals surface area contributed by atoms with Crippen LogP contribution in [0.15, 0.2) is 23.6 Å². The number of methoxy groups -OCH3 is 2. The molecule has 0 unspecified atom stereocenters. The van der Waals surface area contributed by atoms with Gasteiger partial charge < -0.3 is 9.47 Å². The van der Waals surface area contributed by atoms with Crippen molar-refractivity contribution >= 4 is 33.7 Å². The lowest BCUT2D eigenvalue weighted by Gasteiger charge is -2.08. The van der Waals surface area contributed by atoms with Gasteiger partial charge in [0.1, 0.15) is 4.88 Å². The monoisotopic (exact) mass is 403 g/mol. The van der Waals surface area contributed by atoms with Gasteiger partial charge in [0.05, 0.1) is 30.6 Å². The van der Waals surface area contributed by atoms with E-state index in [0.717, 1.165) is 22.0 Å². The number of anilines is 1. The van der Waals surface area contributed by atoms with E-state index in [1.807, 2.05) is 30.5 Å². The Balaban J connectivity index is 1.79. The minimum absolute atomic E-state index is 0.176. The SMILES string of the molecule is COc1ccc(-c2csc(NC(=O)c3sc(C(C)C)nc3C)n2)cc1OC. The van der Waals surface area contributed by atoms with Crippen LogP contribution in [0.2, 0.25) is 0 Å². The molecule has 0 bridgehead atoms. The average Bonchev–Trinajstić information content (AvgIpc) is 3.27. The van der Waals surface area contributed by atoms with Crippen molar-refractivity contribution in [3.05, 3.63) is 39.2 Å². The molecule has 1 N–H and O–H groups in total. The van der Waals surface area contributed by atoms with Gasteiger partial charge in [0.2, 0.25) is 0 Å². The van der Waals surface area contributed by atoms with Crippen LogP contribution in [0.25, 0.3) is 11.3 Å². The van der Waals surface area contributed by atoms with Gasteiger partial charge in [-0.25, -0.2) is 9.97 Å². The maximum absolute atomic E-state index is 12.6. The zero-order valence-corrected chi connectivity index (χ0v) is 17.5. The van der Waals surface area contributed by atoms with Crippen molar-refractivity contribution in [2.75, 3.05) is 19.5 Å². The maximum Gasteiger partial charge on any atom is 0.269 e. The van der Waals surface area contributed by atoms with Gasteiger partial charge >= 0.3 is 0 Å². The predicted molar refractivity (Wildman–Crippen MR) is 110 cm³/mol. The molecule has 1 aromatic carbocycles. The smallest absolute Gasteiger partial charge is 0.269 e. The fourth-order valence-corrected chi connectivity index (χ4v) is 4.17. The molecule has 2 heterocycles. The van der Waals surface area contributed by atoms with Crippen LogP contribution in [0.5, 0.6) is 11.5 Å². The first kappa shape index (κ1) is 19.3. The Morgan fingerprint density at radius 2 is 1.89 bits per heavy atom. The number of ether oxygens (including phenoxy) is 2. The van der Waals surface area contributed by atoms with Gasteiger partial charge in [0.15, 0.2) is 16.6 Å². The second-order valence-corrected chi connectivity index (χ2v) is 8.07. The van der Waals surface area contributed by atoms with Crippen molar-refractivity contribution in [3.63, 3.8) is 0 Å². The normalized spacial score (nSPS) is 10.9. The Bertz CT molecular complexity index is 963. The zero-order valence-electron chi connectivity index (χ0n) is 15.8. The molecule has 3 rings (SSSR count). The minimum atomic E-state index is -0.176. The molecule has 0 spiro atoms. The first-order valence-electron chi connectivity index (χ1n) is 8.39. The van der Waals surface area contributed by atoms with E-state index in [1.54, 1.807) is 14.2 Å². The van der Waals surface area contributed by atoms with Crippen LogP contribution in [-0.4, -0.2) is 30.1 Å². The third kappa shape index (κ3) is 4.12. The number of hydrogen-bond acceptors (Lipinski definition) is 7. The van der Waals surface area contributed by atoms with Crippen LogP contribution in [0.3, 0.4) is 0 Å². The highest BCUT2D eigenvalue weighted by atomic mass is 32.1.